The summed E-state index contributed by atoms with van der Waals surface area (Å²) in [6, 6.07) is 3.11. The van der Waals surface area contributed by atoms with Crippen molar-refractivity contribution in [1.82, 2.24) is 25.1 Å². The fourth-order valence-corrected chi connectivity index (χ4v) is 4.93. The molecule has 5 rings (SSSR count). The van der Waals surface area contributed by atoms with Gasteiger partial charge in [-0.15, -0.1) is 0 Å². The van der Waals surface area contributed by atoms with Crippen LogP contribution in [0.3, 0.4) is 0 Å². The summed E-state index contributed by atoms with van der Waals surface area (Å²) < 4.78 is 46.3. The van der Waals surface area contributed by atoms with E-state index in [0.717, 1.165) is 6.07 Å². The number of halogens is 4. The van der Waals surface area contributed by atoms with Gasteiger partial charge in [0.25, 0.3) is 6.43 Å². The number of aromatic nitrogens is 2. The van der Waals surface area contributed by atoms with Crippen molar-refractivity contribution in [2.75, 3.05) is 38.2 Å². The minimum atomic E-state index is -2.92. The van der Waals surface area contributed by atoms with Crippen LogP contribution in [0.4, 0.5) is 23.8 Å². The number of amides is 2. The van der Waals surface area contributed by atoms with Crippen LogP contribution < -0.4 is 10.6 Å². The first kappa shape index (κ1) is 23.1. The van der Waals surface area contributed by atoms with Crippen molar-refractivity contribution < 1.29 is 22.7 Å². The molecule has 2 N–H and O–H groups in total. The van der Waals surface area contributed by atoms with Gasteiger partial charge < -0.3 is 25.2 Å². The summed E-state index contributed by atoms with van der Waals surface area (Å²) in [6.07, 6.45) is -2.92. The second kappa shape index (κ2) is 8.86. The highest BCUT2D eigenvalue weighted by Gasteiger charge is 2.49. The lowest BCUT2D eigenvalue weighted by Crippen LogP contribution is -2.73. The van der Waals surface area contributed by atoms with Gasteiger partial charge in [0.1, 0.15) is 17.2 Å². The fourth-order valence-electron chi connectivity index (χ4n) is 4.74. The van der Waals surface area contributed by atoms with E-state index in [4.69, 9.17) is 16.3 Å². The van der Waals surface area contributed by atoms with E-state index in [1.165, 1.54) is 12.1 Å². The summed E-state index contributed by atoms with van der Waals surface area (Å²) in [5.41, 5.74) is 0.359. The maximum atomic E-state index is 14.7. The van der Waals surface area contributed by atoms with Crippen LogP contribution in [-0.4, -0.2) is 64.2 Å². The molecule has 2 amide bonds. The smallest absolute Gasteiger partial charge is 0.321 e. The third-order valence-electron chi connectivity index (χ3n) is 6.65. The van der Waals surface area contributed by atoms with E-state index in [1.54, 1.807) is 11.8 Å². The van der Waals surface area contributed by atoms with Gasteiger partial charge in [0.2, 0.25) is 5.28 Å². The summed E-state index contributed by atoms with van der Waals surface area (Å²) in [5, 5.41) is 6.38. The summed E-state index contributed by atoms with van der Waals surface area (Å²) in [5.74, 6) is -0.612. The van der Waals surface area contributed by atoms with Gasteiger partial charge in [-0.2, -0.15) is 0 Å². The number of ether oxygens (including phenoxy) is 1. The third-order valence-corrected chi connectivity index (χ3v) is 6.82. The highest BCUT2D eigenvalue weighted by molar-refractivity contribution is 6.28. The molecule has 1 aromatic carbocycles. The molecule has 3 aliphatic heterocycles. The molecule has 2 fully saturated rings. The molecular formula is C22H24ClF3N6O2. The van der Waals surface area contributed by atoms with Crippen LogP contribution in [0, 0.1) is 5.82 Å². The Labute approximate surface area is 199 Å². The van der Waals surface area contributed by atoms with Gasteiger partial charge in [0.15, 0.2) is 0 Å². The summed E-state index contributed by atoms with van der Waals surface area (Å²) >= 11 is 6.13. The van der Waals surface area contributed by atoms with Crippen LogP contribution in [0.5, 0.6) is 0 Å². The van der Waals surface area contributed by atoms with Gasteiger partial charge in [-0.3, -0.25) is 0 Å². The summed E-state index contributed by atoms with van der Waals surface area (Å²) in [4.78, 5) is 25.5. The molecule has 0 unspecified atom stereocenters. The molecule has 0 aliphatic carbocycles. The molecule has 12 heteroatoms. The fraction of sp³-hybridized carbons (Fsp3) is 0.500. The van der Waals surface area contributed by atoms with Crippen LogP contribution in [0.1, 0.15) is 41.8 Å². The number of carbonyl (C=O) groups is 1. The van der Waals surface area contributed by atoms with Gasteiger partial charge >= 0.3 is 6.03 Å². The normalized spacial score (nSPS) is 19.8. The standard InChI is InChI=1S/C22H24ClF3N6O2/c1-12(13-3-2-4-14(17(13)24)18(25)26)28-19-15-7-31(8-16(15)29-20(23)30-19)21(33)32-6-5-27-9-22(32)10-34-11-22/h2-4,12,18,27H,5-11H2,1H3,(H,28,29,30)/t12-/m1/s1. The number of benzene rings is 1. The Balaban J connectivity index is 1.37. The van der Waals surface area contributed by atoms with E-state index in [0.29, 0.717) is 49.9 Å². The molecule has 4 heterocycles. The molecule has 2 saturated heterocycles. The second-order valence-corrected chi connectivity index (χ2v) is 9.21. The van der Waals surface area contributed by atoms with Crippen LogP contribution in [0.2, 0.25) is 5.28 Å². The van der Waals surface area contributed by atoms with Gasteiger partial charge in [-0.1, -0.05) is 18.2 Å². The van der Waals surface area contributed by atoms with Crippen molar-refractivity contribution in [3.63, 3.8) is 0 Å². The lowest BCUT2D eigenvalue weighted by Gasteiger charge is -2.52. The van der Waals surface area contributed by atoms with Crippen LogP contribution in [-0.2, 0) is 17.8 Å². The molecule has 1 atom stereocenters. The van der Waals surface area contributed by atoms with Gasteiger partial charge in [0.05, 0.1) is 43.6 Å². The molecule has 0 radical (unpaired) electrons. The highest BCUT2D eigenvalue weighted by Crippen LogP contribution is 2.35. The van der Waals surface area contributed by atoms with Crippen molar-refractivity contribution in [3.8, 4) is 0 Å². The zero-order valence-corrected chi connectivity index (χ0v) is 19.2. The van der Waals surface area contributed by atoms with Gasteiger partial charge in [-0.05, 0) is 18.5 Å². The monoisotopic (exact) mass is 496 g/mol. The SMILES string of the molecule is C[C@@H](Nc1nc(Cl)nc2c1CN(C(=O)N1CCNCC13COC3)C2)c1cccc(C(F)F)c1F. The minimum Gasteiger partial charge on any atom is -0.376 e. The molecule has 2 aromatic rings. The van der Waals surface area contributed by atoms with Gasteiger partial charge in [-0.25, -0.2) is 27.9 Å². The molecule has 0 saturated carbocycles. The Hall–Kier alpha value is -2.63. The zero-order chi connectivity index (χ0) is 24.0. The first-order valence-electron chi connectivity index (χ1n) is 11.0. The van der Waals surface area contributed by atoms with Crippen molar-refractivity contribution in [2.24, 2.45) is 0 Å². The largest absolute Gasteiger partial charge is 0.376 e. The molecule has 1 spiro atoms. The average Bonchev–Trinajstić information content (AvgIpc) is 3.21. The number of nitrogens with zero attached hydrogens (tertiary/aromatic N) is 4. The molecule has 3 aliphatic rings. The van der Waals surface area contributed by atoms with Crippen molar-refractivity contribution in [1.29, 1.82) is 0 Å². The lowest BCUT2D eigenvalue weighted by molar-refractivity contribution is -0.133. The van der Waals surface area contributed by atoms with E-state index >= 15 is 0 Å². The second-order valence-electron chi connectivity index (χ2n) is 8.87. The predicted octanol–water partition coefficient (Wildman–Crippen LogP) is 3.49. The number of hydrogen-bond donors (Lipinski definition) is 2. The first-order valence-corrected chi connectivity index (χ1v) is 11.4. The quantitative estimate of drug-likeness (QED) is 0.631. The maximum Gasteiger partial charge on any atom is 0.321 e. The number of carbonyl (C=O) groups excluding carboxylic acids is 1. The van der Waals surface area contributed by atoms with E-state index < -0.39 is 23.8 Å². The Kier molecular flexibility index (Phi) is 6.03. The molecule has 182 valence electrons. The Morgan fingerprint density at radius 1 is 1.26 bits per heavy atom. The number of anilines is 1. The number of piperazine rings is 1. The van der Waals surface area contributed by atoms with E-state index in [1.807, 2.05) is 4.90 Å². The number of urea groups is 1. The summed E-state index contributed by atoms with van der Waals surface area (Å²) in [6.45, 7) is 5.10. The molecule has 0 bridgehead atoms. The number of rotatable bonds is 4. The average molecular weight is 497 g/mol. The van der Waals surface area contributed by atoms with E-state index in [2.05, 4.69) is 20.6 Å². The predicted molar refractivity (Wildman–Crippen MR) is 118 cm³/mol. The topological polar surface area (TPSA) is 82.6 Å². The van der Waals surface area contributed by atoms with Crippen molar-refractivity contribution in [2.45, 2.75) is 38.0 Å². The van der Waals surface area contributed by atoms with Crippen molar-refractivity contribution >= 4 is 23.4 Å². The van der Waals surface area contributed by atoms with Gasteiger partial charge in [0, 0.05) is 30.8 Å². The van der Waals surface area contributed by atoms with Crippen molar-refractivity contribution in [3.05, 3.63) is 51.7 Å². The summed E-state index contributed by atoms with van der Waals surface area (Å²) in [7, 11) is 0. The molecule has 1 aromatic heterocycles. The molecule has 34 heavy (non-hydrogen) atoms. The number of fused-ring (bicyclic) bond motifs is 1. The molecule has 8 nitrogen and oxygen atoms in total. The number of nitrogens with one attached hydrogen (secondary N) is 2. The number of hydrogen-bond acceptors (Lipinski definition) is 6. The maximum absolute atomic E-state index is 14.7. The van der Waals surface area contributed by atoms with E-state index in [9.17, 15) is 18.0 Å². The Morgan fingerprint density at radius 3 is 2.74 bits per heavy atom. The third kappa shape index (κ3) is 3.95. The zero-order valence-electron chi connectivity index (χ0n) is 18.5. The first-order chi connectivity index (χ1) is 16.3. The van der Waals surface area contributed by atoms with E-state index in [-0.39, 0.29) is 35.5 Å². The minimum absolute atomic E-state index is 0.0180. The lowest BCUT2D eigenvalue weighted by atomic mass is 9.93. The number of alkyl halides is 2. The van der Waals surface area contributed by atoms with Crippen LogP contribution >= 0.6 is 11.6 Å². The Morgan fingerprint density at radius 2 is 2.03 bits per heavy atom. The molecular weight excluding hydrogens is 473 g/mol. The van der Waals surface area contributed by atoms with Crippen LogP contribution in [0.25, 0.3) is 0 Å². The highest BCUT2D eigenvalue weighted by atomic mass is 35.5. The Bertz CT molecular complexity index is 1120. The van der Waals surface area contributed by atoms with Crippen LogP contribution in [0.15, 0.2) is 18.2 Å².